The van der Waals surface area contributed by atoms with Gasteiger partial charge in [0, 0.05) is 36.0 Å². The third-order valence-corrected chi connectivity index (χ3v) is 15.8. The molecule has 3 aliphatic heterocycles. The van der Waals surface area contributed by atoms with Crippen molar-refractivity contribution in [2.75, 3.05) is 19.8 Å². The first kappa shape index (κ1) is 68.1. The van der Waals surface area contributed by atoms with Crippen molar-refractivity contribution in [1.29, 1.82) is 0 Å². The molecule has 13 rings (SSSR count). The SMILES string of the molecule is CCCCC1=N/C(=C\c2ccccc2OCC(=O)O)C(=O)N1Cc1ccc(-c2ccccc2-c2nn[nH]n2)cc1.Cc1oc(-c2ccccc2)nc1CCOc1ccc(C=C2C(=O)NC(=O)NC2=O)cc1.O=C1NC(=O)C(=Cc2ccc(OCCc3cccc4ccccc34)cc2)C(=O)N1. The lowest BCUT2D eigenvalue weighted by atomic mass is 9.98. The summed E-state index contributed by atoms with van der Waals surface area (Å²) in [5, 5.41) is 34.0. The van der Waals surface area contributed by atoms with Crippen LogP contribution in [0.2, 0.25) is 0 Å². The average Bonchev–Trinajstić information content (AvgIpc) is 1.58. The van der Waals surface area contributed by atoms with E-state index in [4.69, 9.17) is 23.7 Å². The first-order valence-electron chi connectivity index (χ1n) is 31.8. The van der Waals surface area contributed by atoms with Gasteiger partial charge in [-0.05, 0) is 123 Å². The van der Waals surface area contributed by atoms with Crippen molar-refractivity contribution in [2.45, 2.75) is 52.5 Å². The normalized spacial score (nSPS) is 13.8. The average molecular weight is 1340 g/mol. The van der Waals surface area contributed by atoms with Crippen LogP contribution in [0.25, 0.3) is 63.0 Å². The van der Waals surface area contributed by atoms with Gasteiger partial charge in [-0.1, -0.05) is 165 Å². The van der Waals surface area contributed by atoms with Crippen molar-refractivity contribution < 1.29 is 62.1 Å². The molecule has 24 nitrogen and oxygen atoms in total. The Morgan fingerprint density at radius 3 is 1.78 bits per heavy atom. The number of carbonyl (C=O) groups is 8. The van der Waals surface area contributed by atoms with Crippen LogP contribution in [-0.2, 0) is 48.2 Å². The number of ether oxygens (including phenoxy) is 3. The van der Waals surface area contributed by atoms with E-state index in [9.17, 15) is 38.4 Å². The summed E-state index contributed by atoms with van der Waals surface area (Å²) >= 11 is 0. The fourth-order valence-corrected chi connectivity index (χ4v) is 10.8. The second-order valence-electron chi connectivity index (χ2n) is 22.7. The Morgan fingerprint density at radius 1 is 0.580 bits per heavy atom. The van der Waals surface area contributed by atoms with Gasteiger partial charge in [0.1, 0.15) is 45.7 Å². The summed E-state index contributed by atoms with van der Waals surface area (Å²) in [6.07, 6.45) is 8.41. The molecule has 0 spiro atoms. The highest BCUT2D eigenvalue weighted by Gasteiger charge is 2.31. The van der Waals surface area contributed by atoms with Gasteiger partial charge in [-0.15, -0.1) is 10.2 Å². The van der Waals surface area contributed by atoms with Crippen molar-refractivity contribution in [3.05, 3.63) is 250 Å². The molecule has 0 aliphatic carbocycles. The number of aryl methyl sites for hydroxylation is 1. The number of hydrogen-bond acceptors (Lipinski definition) is 17. The lowest BCUT2D eigenvalue weighted by Gasteiger charge is -2.19. The minimum atomic E-state index is -1.07. The van der Waals surface area contributed by atoms with E-state index in [-0.39, 0.29) is 17.1 Å². The number of carboxylic acids is 1. The largest absolute Gasteiger partial charge is 0.493 e. The second kappa shape index (κ2) is 32.5. The second-order valence-corrected chi connectivity index (χ2v) is 22.7. The molecule has 10 aromatic rings. The van der Waals surface area contributed by atoms with E-state index in [0.29, 0.717) is 89.8 Å². The lowest BCUT2D eigenvalue weighted by molar-refractivity contribution is -0.139. The van der Waals surface area contributed by atoms with Crippen molar-refractivity contribution in [1.82, 2.24) is 51.8 Å². The maximum Gasteiger partial charge on any atom is 0.341 e. The first-order valence-corrected chi connectivity index (χ1v) is 31.8. The van der Waals surface area contributed by atoms with Gasteiger partial charge in [0.2, 0.25) is 11.7 Å². The number of urea groups is 2. The number of fused-ring (bicyclic) bond motifs is 1. The van der Waals surface area contributed by atoms with Gasteiger partial charge in [-0.2, -0.15) is 5.21 Å². The Kier molecular flexibility index (Phi) is 22.1. The summed E-state index contributed by atoms with van der Waals surface area (Å²) in [6.45, 7) is 4.82. The highest BCUT2D eigenvalue weighted by molar-refractivity contribution is 6.32. The summed E-state index contributed by atoms with van der Waals surface area (Å²) in [7, 11) is 0. The fraction of sp³-hybridized carbons (Fsp3) is 0.145. The molecule has 2 aromatic heterocycles. The number of carboxylic acid groups (broad SMARTS) is 1. The molecule has 100 heavy (non-hydrogen) atoms. The van der Waals surface area contributed by atoms with E-state index >= 15 is 0 Å². The van der Waals surface area contributed by atoms with E-state index < -0.39 is 48.3 Å². The van der Waals surface area contributed by atoms with Gasteiger partial charge in [0.05, 0.1) is 25.5 Å². The monoisotopic (exact) mass is 1340 g/mol. The van der Waals surface area contributed by atoms with Crippen LogP contribution in [0.4, 0.5) is 9.59 Å². The summed E-state index contributed by atoms with van der Waals surface area (Å²) in [6, 6.07) is 59.4. The third-order valence-electron chi connectivity index (χ3n) is 15.8. The minimum Gasteiger partial charge on any atom is -0.493 e. The summed E-state index contributed by atoms with van der Waals surface area (Å²) in [5.41, 5.74) is 8.72. The van der Waals surface area contributed by atoms with Crippen LogP contribution in [0, 0.1) is 6.92 Å². The molecule has 502 valence electrons. The number of H-pyrrole nitrogens is 1. The maximum atomic E-state index is 13.5. The Balaban J connectivity index is 0.000000154. The molecule has 5 heterocycles. The van der Waals surface area contributed by atoms with E-state index in [0.717, 1.165) is 58.5 Å². The molecule has 0 unspecified atom stereocenters. The lowest BCUT2D eigenvalue weighted by Crippen LogP contribution is -2.51. The first-order chi connectivity index (χ1) is 48.6. The summed E-state index contributed by atoms with van der Waals surface area (Å²) in [5.74, 6) is 0.129. The molecule has 0 atom stereocenters. The van der Waals surface area contributed by atoms with E-state index in [2.05, 4.69) is 61.8 Å². The smallest absolute Gasteiger partial charge is 0.341 e. The van der Waals surface area contributed by atoms with Crippen LogP contribution >= 0.6 is 0 Å². The van der Waals surface area contributed by atoms with Crippen LogP contribution in [0.3, 0.4) is 0 Å². The molecule has 6 N–H and O–H groups in total. The van der Waals surface area contributed by atoms with Gasteiger partial charge in [-0.25, -0.2) is 24.4 Å². The van der Waals surface area contributed by atoms with E-state index in [1.165, 1.54) is 28.5 Å². The van der Waals surface area contributed by atoms with Gasteiger partial charge >= 0.3 is 18.0 Å². The maximum absolute atomic E-state index is 13.5. The number of rotatable bonds is 22. The van der Waals surface area contributed by atoms with Crippen molar-refractivity contribution >= 4 is 82.4 Å². The third kappa shape index (κ3) is 17.6. The number of hydrogen-bond donors (Lipinski definition) is 6. The van der Waals surface area contributed by atoms with Gasteiger partial charge in [0.25, 0.3) is 29.5 Å². The molecule has 9 amide bonds. The number of oxazole rings is 1. The molecule has 3 aliphatic rings. The van der Waals surface area contributed by atoms with Crippen molar-refractivity contribution in [3.63, 3.8) is 0 Å². The Labute approximate surface area is 572 Å². The Bertz CT molecular complexity index is 4770. The van der Waals surface area contributed by atoms with Crippen LogP contribution in [0.5, 0.6) is 17.2 Å². The number of para-hydroxylation sites is 1. The number of amides is 9. The number of barbiturate groups is 2. The number of amidine groups is 1. The van der Waals surface area contributed by atoms with Gasteiger partial charge in [-0.3, -0.25) is 50.1 Å². The number of tetrazole rings is 1. The zero-order valence-corrected chi connectivity index (χ0v) is 54.1. The predicted molar refractivity (Wildman–Crippen MR) is 371 cm³/mol. The number of nitrogens with one attached hydrogen (secondary N) is 5. The molecule has 0 bridgehead atoms. The molecule has 0 radical (unpaired) electrons. The number of imide groups is 4. The van der Waals surface area contributed by atoms with Crippen molar-refractivity contribution in [2.24, 2.45) is 4.99 Å². The quantitative estimate of drug-likeness (QED) is 0.0271. The number of aliphatic imine (C=N–C) groups is 1. The van der Waals surface area contributed by atoms with Crippen molar-refractivity contribution in [3.8, 4) is 51.2 Å². The number of benzene rings is 8. The highest BCUT2D eigenvalue weighted by atomic mass is 16.5. The Morgan fingerprint density at radius 2 is 1.16 bits per heavy atom. The number of aliphatic carboxylic acids is 1. The zero-order chi connectivity index (χ0) is 69.9. The van der Waals surface area contributed by atoms with E-state index in [1.54, 1.807) is 83.8 Å². The van der Waals surface area contributed by atoms with Crippen LogP contribution in [0.15, 0.2) is 220 Å². The summed E-state index contributed by atoms with van der Waals surface area (Å²) < 4.78 is 22.8. The highest BCUT2D eigenvalue weighted by Crippen LogP contribution is 2.32. The van der Waals surface area contributed by atoms with Gasteiger partial charge in [0.15, 0.2) is 6.61 Å². The topological polar surface area (TPSA) is 329 Å². The van der Waals surface area contributed by atoms with Crippen LogP contribution in [-0.4, -0.2) is 109 Å². The predicted octanol–water partition coefficient (Wildman–Crippen LogP) is 11.2. The molecule has 2 fully saturated rings. The molecule has 24 heteroatoms. The molecular formula is C76H65N11O13. The zero-order valence-electron chi connectivity index (χ0n) is 54.1. The minimum absolute atomic E-state index is 0.116. The van der Waals surface area contributed by atoms with Gasteiger partial charge < -0.3 is 23.7 Å². The van der Waals surface area contributed by atoms with Crippen LogP contribution < -0.4 is 35.5 Å². The number of carbonyl (C=O) groups excluding carboxylic acids is 7. The molecule has 0 saturated carbocycles. The molecular weight excluding hydrogens is 1270 g/mol. The standard InChI is InChI=1S/C30H28N6O4.C23H19N3O5.C23H18N2O4/c1-2-3-12-27-31-25(17-22-8-4-7-11-26(22)40-19-28(37)38)30(39)36(27)18-20-13-15-21(16-14-20)23-9-5-6-10-24(23)29-32-34-35-33-29;1-14-19(24-22(31-14)16-5-3-2-4-6-16)11-12-30-17-9-7-15(8-10-17)13-18-20(27)25-23(29)26-21(18)28;26-21-20(22(27)25-23(28)24-21)14-15-8-10-18(11-9-15)29-13-12-17-6-3-5-16-4-1-2-7-19(16)17/h4-11,13-17H,2-3,12,18-19H2,1H3,(H,37,38)(H,32,33,34,35);2-10,13H,11-12H2,1H3,(H2,25,26,27,28,29);1-11,14H,12-13H2,(H2,24,25,26,27,28)/b25-17-;;. The molecule has 8 aromatic carbocycles. The number of aromatic amines is 1. The number of unbranched alkanes of at least 4 members (excludes halogenated alkanes) is 1. The van der Waals surface area contributed by atoms with E-state index in [1.807, 2.05) is 125 Å². The fourth-order valence-electron chi connectivity index (χ4n) is 10.8. The van der Waals surface area contributed by atoms with Crippen LogP contribution in [0.1, 0.15) is 65.5 Å². The molecule has 2 saturated heterocycles. The summed E-state index contributed by atoms with van der Waals surface area (Å²) in [4.78, 5) is 105. The Hall–Kier alpha value is -13.3. The number of aromatic nitrogens is 5. The number of nitrogens with zero attached hydrogens (tertiary/aromatic N) is 6.